The Morgan fingerprint density at radius 3 is 2.73 bits per heavy atom. The minimum absolute atomic E-state index is 0.0423. The van der Waals surface area contributed by atoms with Gasteiger partial charge in [-0.3, -0.25) is 9.69 Å². The molecule has 0 spiro atoms. The van der Waals surface area contributed by atoms with Crippen LogP contribution in [-0.4, -0.2) is 39.7 Å². The molecule has 0 atom stereocenters. The van der Waals surface area contributed by atoms with Gasteiger partial charge in [0.2, 0.25) is 5.89 Å². The van der Waals surface area contributed by atoms with Gasteiger partial charge in [0.05, 0.1) is 13.1 Å². The topological polar surface area (TPSA) is 79.5 Å². The molecule has 0 saturated carbocycles. The van der Waals surface area contributed by atoms with Crippen LogP contribution in [0.5, 0.6) is 0 Å². The van der Waals surface area contributed by atoms with E-state index in [-0.39, 0.29) is 12.5 Å². The van der Waals surface area contributed by atoms with Crippen molar-refractivity contribution in [3.05, 3.63) is 11.7 Å². The highest BCUT2D eigenvalue weighted by Gasteiger charge is 2.12. The van der Waals surface area contributed by atoms with Gasteiger partial charge in [-0.1, -0.05) is 19.0 Å². The average Bonchev–Trinajstić information content (AvgIpc) is 2.50. The fourth-order valence-electron chi connectivity index (χ4n) is 1.08. The predicted molar refractivity (Wildman–Crippen MR) is 52.4 cm³/mol. The van der Waals surface area contributed by atoms with Crippen LogP contribution in [-0.2, 0) is 11.3 Å². The van der Waals surface area contributed by atoms with Crippen molar-refractivity contribution in [3.63, 3.8) is 0 Å². The quantitative estimate of drug-likeness (QED) is 0.775. The smallest absolute Gasteiger partial charge is 0.317 e. The van der Waals surface area contributed by atoms with Gasteiger partial charge in [0.25, 0.3) is 0 Å². The van der Waals surface area contributed by atoms with Crippen molar-refractivity contribution in [1.82, 2.24) is 15.0 Å². The number of carboxylic acid groups (broad SMARTS) is 1. The second-order valence-electron chi connectivity index (χ2n) is 3.77. The van der Waals surface area contributed by atoms with E-state index in [1.54, 1.807) is 11.9 Å². The summed E-state index contributed by atoms with van der Waals surface area (Å²) in [5, 5.41) is 12.3. The minimum atomic E-state index is -0.874. The second-order valence-corrected chi connectivity index (χ2v) is 3.77. The molecule has 6 heteroatoms. The summed E-state index contributed by atoms with van der Waals surface area (Å²) >= 11 is 0. The molecule has 1 aromatic heterocycles. The van der Waals surface area contributed by atoms with Gasteiger partial charge < -0.3 is 9.63 Å². The van der Waals surface area contributed by atoms with E-state index in [1.165, 1.54) is 0 Å². The third kappa shape index (κ3) is 3.67. The molecule has 0 aliphatic heterocycles. The molecule has 0 fully saturated rings. The van der Waals surface area contributed by atoms with Crippen LogP contribution in [0, 0.1) is 0 Å². The molecule has 0 radical (unpaired) electrons. The number of carboxylic acids is 1. The highest BCUT2D eigenvalue weighted by molar-refractivity contribution is 5.68. The van der Waals surface area contributed by atoms with Gasteiger partial charge in [-0.15, -0.1) is 0 Å². The number of aromatic nitrogens is 2. The first-order chi connectivity index (χ1) is 6.99. The van der Waals surface area contributed by atoms with Gasteiger partial charge in [-0.05, 0) is 7.05 Å². The Morgan fingerprint density at radius 1 is 1.60 bits per heavy atom. The first kappa shape index (κ1) is 11.6. The van der Waals surface area contributed by atoms with Crippen LogP contribution in [0.15, 0.2) is 4.52 Å². The van der Waals surface area contributed by atoms with Crippen molar-refractivity contribution in [2.24, 2.45) is 0 Å². The number of hydrogen-bond donors (Lipinski definition) is 1. The standard InChI is InChI=1S/C9H15N3O3/c1-6(2)9-10-7(15-11-9)4-12(3)5-8(13)14/h6H,4-5H2,1-3H3,(H,13,14). The van der Waals surface area contributed by atoms with Crippen LogP contribution in [0.4, 0.5) is 0 Å². The molecule has 0 aliphatic rings. The normalized spacial score (nSPS) is 11.3. The minimum Gasteiger partial charge on any atom is -0.480 e. The fraction of sp³-hybridized carbons (Fsp3) is 0.667. The molecule has 15 heavy (non-hydrogen) atoms. The van der Waals surface area contributed by atoms with E-state index < -0.39 is 5.97 Å². The van der Waals surface area contributed by atoms with E-state index in [1.807, 2.05) is 13.8 Å². The largest absolute Gasteiger partial charge is 0.480 e. The molecular formula is C9H15N3O3. The number of aliphatic carboxylic acids is 1. The Morgan fingerprint density at radius 2 is 2.27 bits per heavy atom. The molecule has 84 valence electrons. The highest BCUT2D eigenvalue weighted by Crippen LogP contribution is 2.10. The van der Waals surface area contributed by atoms with Crippen molar-refractivity contribution >= 4 is 5.97 Å². The van der Waals surface area contributed by atoms with Gasteiger partial charge >= 0.3 is 5.97 Å². The third-order valence-corrected chi connectivity index (χ3v) is 1.81. The number of rotatable bonds is 5. The van der Waals surface area contributed by atoms with Crippen molar-refractivity contribution in [3.8, 4) is 0 Å². The van der Waals surface area contributed by atoms with Crippen molar-refractivity contribution in [2.75, 3.05) is 13.6 Å². The van der Waals surface area contributed by atoms with Gasteiger partial charge in [0.15, 0.2) is 5.82 Å². The second kappa shape index (κ2) is 4.88. The summed E-state index contributed by atoms with van der Waals surface area (Å²) in [4.78, 5) is 16.1. The van der Waals surface area contributed by atoms with Gasteiger partial charge in [-0.2, -0.15) is 4.98 Å². The molecule has 0 amide bonds. The monoisotopic (exact) mass is 213 g/mol. The van der Waals surface area contributed by atoms with Gasteiger partial charge in [0.1, 0.15) is 0 Å². The summed E-state index contributed by atoms with van der Waals surface area (Å²) in [7, 11) is 1.69. The summed E-state index contributed by atoms with van der Waals surface area (Å²) in [5.41, 5.74) is 0. The highest BCUT2D eigenvalue weighted by atomic mass is 16.5. The van der Waals surface area contributed by atoms with Crippen molar-refractivity contribution in [1.29, 1.82) is 0 Å². The van der Waals surface area contributed by atoms with E-state index in [0.717, 1.165) is 0 Å². The molecule has 0 saturated heterocycles. The maximum Gasteiger partial charge on any atom is 0.317 e. The molecule has 0 aliphatic carbocycles. The Balaban J connectivity index is 2.53. The zero-order valence-electron chi connectivity index (χ0n) is 9.10. The summed E-state index contributed by atoms with van der Waals surface area (Å²) in [6, 6.07) is 0. The summed E-state index contributed by atoms with van der Waals surface area (Å²) in [5.74, 6) is 0.435. The molecule has 1 aromatic rings. The van der Waals surface area contributed by atoms with E-state index in [9.17, 15) is 4.79 Å². The number of nitrogens with zero attached hydrogens (tertiary/aromatic N) is 3. The van der Waals surface area contributed by atoms with Crippen LogP contribution in [0.25, 0.3) is 0 Å². The van der Waals surface area contributed by atoms with Crippen LogP contribution >= 0.6 is 0 Å². The molecular weight excluding hydrogens is 198 g/mol. The van der Waals surface area contributed by atoms with E-state index in [0.29, 0.717) is 18.3 Å². The van der Waals surface area contributed by atoms with Crippen LogP contribution < -0.4 is 0 Å². The average molecular weight is 213 g/mol. The lowest BCUT2D eigenvalue weighted by atomic mass is 10.2. The summed E-state index contributed by atoms with van der Waals surface area (Å²) < 4.78 is 4.98. The molecule has 0 unspecified atom stereocenters. The molecule has 0 aromatic carbocycles. The lowest BCUT2D eigenvalue weighted by Gasteiger charge is -2.09. The molecule has 1 N–H and O–H groups in total. The van der Waals surface area contributed by atoms with Gasteiger partial charge in [-0.25, -0.2) is 0 Å². The fourth-order valence-corrected chi connectivity index (χ4v) is 1.08. The SMILES string of the molecule is CC(C)c1noc(CN(C)CC(=O)O)n1. The van der Waals surface area contributed by atoms with Crippen LogP contribution in [0.3, 0.4) is 0 Å². The molecule has 1 rings (SSSR count). The third-order valence-electron chi connectivity index (χ3n) is 1.81. The first-order valence-electron chi connectivity index (χ1n) is 4.72. The van der Waals surface area contributed by atoms with Crippen LogP contribution in [0.1, 0.15) is 31.5 Å². The Kier molecular flexibility index (Phi) is 3.79. The zero-order valence-corrected chi connectivity index (χ0v) is 9.10. The van der Waals surface area contributed by atoms with Crippen LogP contribution in [0.2, 0.25) is 0 Å². The summed E-state index contributed by atoms with van der Waals surface area (Å²) in [6.07, 6.45) is 0. The van der Waals surface area contributed by atoms with Gasteiger partial charge in [0, 0.05) is 5.92 Å². The Labute approximate surface area is 87.9 Å². The van der Waals surface area contributed by atoms with Crippen molar-refractivity contribution in [2.45, 2.75) is 26.3 Å². The maximum atomic E-state index is 10.4. The number of hydrogen-bond acceptors (Lipinski definition) is 5. The first-order valence-corrected chi connectivity index (χ1v) is 4.72. The molecule has 0 bridgehead atoms. The zero-order chi connectivity index (χ0) is 11.4. The Bertz CT molecular complexity index is 335. The molecule has 1 heterocycles. The lowest BCUT2D eigenvalue weighted by Crippen LogP contribution is -2.25. The molecule has 6 nitrogen and oxygen atoms in total. The van der Waals surface area contributed by atoms with Crippen molar-refractivity contribution < 1.29 is 14.4 Å². The maximum absolute atomic E-state index is 10.4. The van der Waals surface area contributed by atoms with E-state index >= 15 is 0 Å². The Hall–Kier alpha value is -1.43. The van der Waals surface area contributed by atoms with E-state index in [2.05, 4.69) is 10.1 Å². The lowest BCUT2D eigenvalue weighted by molar-refractivity contribution is -0.138. The van der Waals surface area contributed by atoms with E-state index in [4.69, 9.17) is 9.63 Å². The summed E-state index contributed by atoms with van der Waals surface area (Å²) in [6.45, 7) is 4.25. The number of likely N-dealkylation sites (N-methyl/N-ethyl adjacent to an activating group) is 1. The predicted octanol–water partition coefficient (Wildman–Crippen LogP) is 0.709. The number of carbonyl (C=O) groups is 1.